The molecule has 1 aliphatic rings. The van der Waals surface area contributed by atoms with Crippen molar-refractivity contribution < 1.29 is 9.53 Å². The molecule has 7 heteroatoms. The van der Waals surface area contributed by atoms with Crippen LogP contribution >= 0.6 is 24.8 Å². The van der Waals surface area contributed by atoms with Gasteiger partial charge in [-0.15, -0.1) is 24.8 Å². The molecule has 1 heterocycles. The number of nitrogens with zero attached hydrogens (tertiary/aromatic N) is 1. The van der Waals surface area contributed by atoms with Crippen LogP contribution in [0, 0.1) is 11.3 Å². The number of nitrogens with one attached hydrogen (secondary N) is 1. The van der Waals surface area contributed by atoms with E-state index < -0.39 is 6.04 Å². The zero-order chi connectivity index (χ0) is 16.8. The van der Waals surface area contributed by atoms with Crippen molar-refractivity contribution in [3.8, 4) is 0 Å². The highest BCUT2D eigenvalue weighted by Gasteiger charge is 2.30. The van der Waals surface area contributed by atoms with E-state index in [0.29, 0.717) is 18.5 Å². The number of hydrogen-bond acceptors (Lipinski definition) is 4. The lowest BCUT2D eigenvalue weighted by atomic mass is 9.86. The van der Waals surface area contributed by atoms with E-state index in [1.807, 2.05) is 20.8 Å². The quantitative estimate of drug-likeness (QED) is 0.705. The van der Waals surface area contributed by atoms with Crippen molar-refractivity contribution in [3.05, 3.63) is 0 Å². The number of hydrogen-bond donors (Lipinski definition) is 2. The standard InChI is InChI=1S/C17H35N3O2.2ClH/c1-6-13(7-2)14(20-8-10-22-11-9-20)12-19-16(21)15(18)17(3,4)5;;/h13-15H,6-12,18H2,1-5H3,(H,19,21);2*1H/t14?,15-;;/m1../s1. The Balaban J connectivity index is 0. The molecule has 1 fully saturated rings. The molecule has 146 valence electrons. The van der Waals surface area contributed by atoms with Gasteiger partial charge in [-0.1, -0.05) is 47.5 Å². The van der Waals surface area contributed by atoms with Crippen LogP contribution in [-0.4, -0.2) is 55.7 Å². The molecule has 5 nitrogen and oxygen atoms in total. The van der Waals surface area contributed by atoms with E-state index >= 15 is 0 Å². The molecule has 0 saturated carbocycles. The Morgan fingerprint density at radius 1 is 1.17 bits per heavy atom. The van der Waals surface area contributed by atoms with Gasteiger partial charge in [0, 0.05) is 25.7 Å². The molecular formula is C17H37Cl2N3O2. The maximum atomic E-state index is 12.3. The predicted octanol–water partition coefficient (Wildman–Crippen LogP) is 2.46. The molecule has 1 unspecified atom stereocenters. The predicted molar refractivity (Wildman–Crippen MR) is 105 cm³/mol. The lowest BCUT2D eigenvalue weighted by Crippen LogP contribution is -2.55. The second kappa shape index (κ2) is 12.3. The molecule has 0 aromatic rings. The first-order chi connectivity index (χ1) is 10.3. The molecule has 1 aliphatic heterocycles. The summed E-state index contributed by atoms with van der Waals surface area (Å²) in [4.78, 5) is 14.8. The van der Waals surface area contributed by atoms with Gasteiger partial charge in [0.15, 0.2) is 0 Å². The third kappa shape index (κ3) is 7.87. The highest BCUT2D eigenvalue weighted by molar-refractivity contribution is 5.85. The van der Waals surface area contributed by atoms with Crippen LogP contribution in [0.15, 0.2) is 0 Å². The molecule has 1 rings (SSSR count). The number of rotatable bonds is 7. The molecule has 3 N–H and O–H groups in total. The third-order valence-corrected chi connectivity index (χ3v) is 4.81. The second-order valence-electron chi connectivity index (χ2n) is 7.38. The van der Waals surface area contributed by atoms with Crippen molar-refractivity contribution in [2.75, 3.05) is 32.8 Å². The van der Waals surface area contributed by atoms with E-state index in [-0.39, 0.29) is 36.1 Å². The molecule has 0 radical (unpaired) electrons. The number of nitrogens with two attached hydrogens (primary N) is 1. The molecule has 2 atom stereocenters. The summed E-state index contributed by atoms with van der Waals surface area (Å²) < 4.78 is 5.46. The average molecular weight is 386 g/mol. The highest BCUT2D eigenvalue weighted by atomic mass is 35.5. The van der Waals surface area contributed by atoms with Crippen molar-refractivity contribution in [1.82, 2.24) is 10.2 Å². The molecule has 24 heavy (non-hydrogen) atoms. The summed E-state index contributed by atoms with van der Waals surface area (Å²) in [5.74, 6) is 0.543. The summed E-state index contributed by atoms with van der Waals surface area (Å²) in [5, 5.41) is 3.09. The number of ether oxygens (including phenoxy) is 1. The van der Waals surface area contributed by atoms with E-state index in [1.54, 1.807) is 0 Å². The van der Waals surface area contributed by atoms with Gasteiger partial charge in [-0.25, -0.2) is 0 Å². The zero-order valence-corrected chi connectivity index (χ0v) is 17.5. The number of amides is 1. The first kappa shape index (κ1) is 26.2. The third-order valence-electron chi connectivity index (χ3n) is 4.81. The van der Waals surface area contributed by atoms with Crippen LogP contribution in [0.3, 0.4) is 0 Å². The summed E-state index contributed by atoms with van der Waals surface area (Å²) in [6, 6.07) is -0.102. The number of carbonyl (C=O) groups excluding carboxylic acids is 1. The molecule has 1 amide bonds. The Morgan fingerprint density at radius 3 is 2.08 bits per heavy atom. The lowest BCUT2D eigenvalue weighted by Gasteiger charge is -2.39. The van der Waals surface area contributed by atoms with Gasteiger partial charge in [0.25, 0.3) is 0 Å². The normalized spacial score (nSPS) is 18.3. The van der Waals surface area contributed by atoms with Gasteiger partial charge in [0.05, 0.1) is 19.3 Å². The van der Waals surface area contributed by atoms with Crippen LogP contribution in [0.5, 0.6) is 0 Å². The largest absolute Gasteiger partial charge is 0.379 e. The number of carbonyl (C=O) groups is 1. The zero-order valence-electron chi connectivity index (χ0n) is 15.8. The monoisotopic (exact) mass is 385 g/mol. The van der Waals surface area contributed by atoms with Crippen LogP contribution in [0.4, 0.5) is 0 Å². The van der Waals surface area contributed by atoms with Crippen molar-refractivity contribution in [2.24, 2.45) is 17.1 Å². The SMILES string of the molecule is CCC(CC)C(CNC(=O)[C@@H](N)C(C)(C)C)N1CCOCC1.Cl.Cl. The van der Waals surface area contributed by atoms with Crippen LogP contribution in [0.25, 0.3) is 0 Å². The molecule has 0 aromatic carbocycles. The second-order valence-corrected chi connectivity index (χ2v) is 7.38. The van der Waals surface area contributed by atoms with Crippen molar-refractivity contribution in [3.63, 3.8) is 0 Å². The van der Waals surface area contributed by atoms with Gasteiger partial charge in [0.2, 0.25) is 5.91 Å². The summed E-state index contributed by atoms with van der Waals surface area (Å²) in [7, 11) is 0. The Hall–Kier alpha value is -0.0700. The smallest absolute Gasteiger partial charge is 0.237 e. The summed E-state index contributed by atoms with van der Waals surface area (Å²) in [6.45, 7) is 14.6. The Bertz CT molecular complexity index is 341. The first-order valence-corrected chi connectivity index (χ1v) is 8.66. The van der Waals surface area contributed by atoms with Crippen LogP contribution < -0.4 is 11.1 Å². The Morgan fingerprint density at radius 2 is 1.67 bits per heavy atom. The molecular weight excluding hydrogens is 349 g/mol. The number of halogens is 2. The van der Waals surface area contributed by atoms with Gasteiger partial charge >= 0.3 is 0 Å². The van der Waals surface area contributed by atoms with E-state index in [0.717, 1.165) is 39.1 Å². The summed E-state index contributed by atoms with van der Waals surface area (Å²) in [5.41, 5.74) is 5.84. The van der Waals surface area contributed by atoms with Gasteiger partial charge in [0.1, 0.15) is 0 Å². The first-order valence-electron chi connectivity index (χ1n) is 8.66. The van der Waals surface area contributed by atoms with Gasteiger partial charge < -0.3 is 15.8 Å². The van der Waals surface area contributed by atoms with E-state index in [4.69, 9.17) is 10.5 Å². The van der Waals surface area contributed by atoms with Crippen LogP contribution in [0.2, 0.25) is 0 Å². The fraction of sp³-hybridized carbons (Fsp3) is 0.941. The van der Waals surface area contributed by atoms with Gasteiger partial charge in [-0.3, -0.25) is 9.69 Å². The van der Waals surface area contributed by atoms with E-state index in [9.17, 15) is 4.79 Å². The molecule has 0 aromatic heterocycles. The minimum atomic E-state index is -0.473. The van der Waals surface area contributed by atoms with Crippen molar-refractivity contribution in [2.45, 2.75) is 59.5 Å². The van der Waals surface area contributed by atoms with Gasteiger partial charge in [-0.2, -0.15) is 0 Å². The van der Waals surface area contributed by atoms with Crippen molar-refractivity contribution in [1.29, 1.82) is 0 Å². The fourth-order valence-corrected chi connectivity index (χ4v) is 3.04. The average Bonchev–Trinajstić information content (AvgIpc) is 2.50. The molecule has 0 spiro atoms. The summed E-state index contributed by atoms with van der Waals surface area (Å²) in [6.07, 6.45) is 2.25. The maximum Gasteiger partial charge on any atom is 0.237 e. The Kier molecular flexibility index (Phi) is 13.4. The molecule has 1 saturated heterocycles. The van der Waals surface area contributed by atoms with Gasteiger partial charge in [-0.05, 0) is 11.3 Å². The van der Waals surface area contributed by atoms with E-state index in [1.165, 1.54) is 0 Å². The topological polar surface area (TPSA) is 67.6 Å². The molecule has 0 aliphatic carbocycles. The minimum Gasteiger partial charge on any atom is -0.379 e. The van der Waals surface area contributed by atoms with Crippen molar-refractivity contribution >= 4 is 30.7 Å². The summed E-state index contributed by atoms with van der Waals surface area (Å²) >= 11 is 0. The minimum absolute atomic E-state index is 0. The number of morpholine rings is 1. The highest BCUT2D eigenvalue weighted by Crippen LogP contribution is 2.20. The molecule has 0 bridgehead atoms. The lowest BCUT2D eigenvalue weighted by molar-refractivity contribution is -0.125. The fourth-order valence-electron chi connectivity index (χ4n) is 3.04. The maximum absolute atomic E-state index is 12.3. The Labute approximate surface area is 160 Å². The van der Waals surface area contributed by atoms with E-state index in [2.05, 4.69) is 24.1 Å². The van der Waals surface area contributed by atoms with Crippen LogP contribution in [-0.2, 0) is 9.53 Å². The van der Waals surface area contributed by atoms with Crippen LogP contribution in [0.1, 0.15) is 47.5 Å².